The average Bonchev–Trinajstić information content (AvgIpc) is 2.67. The molecule has 1 fully saturated rings. The molecule has 1 heterocycles. The third-order valence-corrected chi connectivity index (χ3v) is 4.87. The molecular weight excluding hydrogens is 344 g/mol. The highest BCUT2D eigenvalue weighted by Crippen LogP contribution is 2.28. The second-order valence-corrected chi connectivity index (χ2v) is 7.24. The number of benzene rings is 1. The van der Waals surface area contributed by atoms with E-state index in [-0.39, 0.29) is 23.8 Å². The van der Waals surface area contributed by atoms with Crippen LogP contribution < -0.4 is 14.8 Å². The number of amides is 2. The van der Waals surface area contributed by atoms with Gasteiger partial charge in [-0.05, 0) is 43.9 Å². The number of hydrogen-bond acceptors (Lipinski definition) is 4. The highest BCUT2D eigenvalue weighted by atomic mass is 16.5. The maximum Gasteiger partial charge on any atom is 0.222 e. The van der Waals surface area contributed by atoms with Crippen LogP contribution in [0.5, 0.6) is 11.5 Å². The molecule has 0 aliphatic carbocycles. The van der Waals surface area contributed by atoms with Crippen LogP contribution in [0.15, 0.2) is 18.2 Å². The number of methoxy groups -OCH3 is 1. The Bertz CT molecular complexity index is 637. The molecule has 27 heavy (non-hydrogen) atoms. The summed E-state index contributed by atoms with van der Waals surface area (Å²) in [5, 5.41) is 3.06. The van der Waals surface area contributed by atoms with Crippen LogP contribution in [0.2, 0.25) is 0 Å². The first kappa shape index (κ1) is 21.1. The topological polar surface area (TPSA) is 67.9 Å². The van der Waals surface area contributed by atoms with E-state index < -0.39 is 0 Å². The van der Waals surface area contributed by atoms with Gasteiger partial charge >= 0.3 is 0 Å². The quantitative estimate of drug-likeness (QED) is 0.758. The zero-order valence-corrected chi connectivity index (χ0v) is 16.9. The van der Waals surface area contributed by atoms with Gasteiger partial charge in [0.1, 0.15) is 0 Å². The Morgan fingerprint density at radius 2 is 1.93 bits per heavy atom. The van der Waals surface area contributed by atoms with Crippen molar-refractivity contribution in [1.82, 2.24) is 10.2 Å². The average molecular weight is 376 g/mol. The summed E-state index contributed by atoms with van der Waals surface area (Å²) in [5.41, 5.74) is 1.06. The van der Waals surface area contributed by atoms with E-state index in [9.17, 15) is 9.59 Å². The van der Waals surface area contributed by atoms with Crippen LogP contribution in [0.25, 0.3) is 0 Å². The summed E-state index contributed by atoms with van der Waals surface area (Å²) in [6, 6.07) is 5.99. The maximum absolute atomic E-state index is 12.5. The highest BCUT2D eigenvalue weighted by molar-refractivity contribution is 5.78. The van der Waals surface area contributed by atoms with Gasteiger partial charge < -0.3 is 19.7 Å². The summed E-state index contributed by atoms with van der Waals surface area (Å²) >= 11 is 0. The Morgan fingerprint density at radius 1 is 1.22 bits per heavy atom. The van der Waals surface area contributed by atoms with Gasteiger partial charge in [-0.2, -0.15) is 0 Å². The lowest BCUT2D eigenvalue weighted by atomic mass is 10.0. The predicted molar refractivity (Wildman–Crippen MR) is 105 cm³/mol. The molecular formula is C21H32N2O4. The molecule has 1 aliphatic heterocycles. The Labute approximate surface area is 162 Å². The van der Waals surface area contributed by atoms with Crippen molar-refractivity contribution in [3.8, 4) is 11.5 Å². The van der Waals surface area contributed by atoms with Crippen molar-refractivity contribution in [2.75, 3.05) is 26.8 Å². The van der Waals surface area contributed by atoms with Crippen LogP contribution in [-0.2, 0) is 16.0 Å². The Hall–Kier alpha value is -2.24. The zero-order chi connectivity index (χ0) is 19.8. The molecule has 2 amide bonds. The number of rotatable bonds is 8. The molecule has 0 aromatic heterocycles. The highest BCUT2D eigenvalue weighted by Gasteiger charge is 2.24. The predicted octanol–water partition coefficient (Wildman–Crippen LogP) is 2.79. The van der Waals surface area contributed by atoms with Gasteiger partial charge in [0, 0.05) is 31.5 Å². The minimum absolute atomic E-state index is 0.00392. The van der Waals surface area contributed by atoms with Crippen molar-refractivity contribution in [3.05, 3.63) is 23.8 Å². The number of piperidine rings is 1. The molecule has 6 heteroatoms. The molecule has 1 aromatic carbocycles. The minimum atomic E-state index is -0.00392. The number of nitrogens with zero attached hydrogens (tertiary/aromatic N) is 1. The van der Waals surface area contributed by atoms with E-state index in [2.05, 4.69) is 5.32 Å². The molecule has 0 radical (unpaired) electrons. The number of nitrogens with one attached hydrogen (secondary N) is 1. The lowest BCUT2D eigenvalue weighted by molar-refractivity contribution is -0.132. The van der Waals surface area contributed by atoms with Crippen LogP contribution in [0.1, 0.15) is 45.6 Å². The van der Waals surface area contributed by atoms with Crippen molar-refractivity contribution in [1.29, 1.82) is 0 Å². The number of likely N-dealkylation sites (tertiary alicyclic amines) is 1. The van der Waals surface area contributed by atoms with Gasteiger partial charge in [-0.25, -0.2) is 0 Å². The molecule has 0 saturated carbocycles. The number of ether oxygens (including phenoxy) is 2. The molecule has 1 N–H and O–H groups in total. The van der Waals surface area contributed by atoms with E-state index in [0.717, 1.165) is 24.2 Å². The van der Waals surface area contributed by atoms with Gasteiger partial charge in [-0.15, -0.1) is 0 Å². The van der Waals surface area contributed by atoms with Gasteiger partial charge in [0.25, 0.3) is 0 Å². The summed E-state index contributed by atoms with van der Waals surface area (Å²) in [6.45, 7) is 7.71. The monoisotopic (exact) mass is 376 g/mol. The first-order valence-corrected chi connectivity index (χ1v) is 9.82. The fourth-order valence-corrected chi connectivity index (χ4v) is 3.19. The summed E-state index contributed by atoms with van der Waals surface area (Å²) < 4.78 is 10.9. The van der Waals surface area contributed by atoms with E-state index in [1.807, 2.05) is 43.9 Å². The molecule has 0 bridgehead atoms. The van der Waals surface area contributed by atoms with Gasteiger partial charge in [0.15, 0.2) is 11.5 Å². The van der Waals surface area contributed by atoms with E-state index >= 15 is 0 Å². The molecule has 0 spiro atoms. The van der Waals surface area contributed by atoms with Gasteiger partial charge in [-0.1, -0.05) is 19.9 Å². The van der Waals surface area contributed by atoms with Crippen LogP contribution in [-0.4, -0.2) is 49.6 Å². The fourth-order valence-electron chi connectivity index (χ4n) is 3.19. The molecule has 1 aromatic rings. The van der Waals surface area contributed by atoms with E-state index in [1.54, 1.807) is 7.11 Å². The Kier molecular flexibility index (Phi) is 7.95. The Balaban J connectivity index is 1.80. The number of aryl methyl sites for hydroxylation is 1. The van der Waals surface area contributed by atoms with Crippen LogP contribution in [0.3, 0.4) is 0 Å². The van der Waals surface area contributed by atoms with Crippen molar-refractivity contribution >= 4 is 11.8 Å². The van der Waals surface area contributed by atoms with E-state index in [4.69, 9.17) is 9.47 Å². The first-order chi connectivity index (χ1) is 12.9. The van der Waals surface area contributed by atoms with Crippen molar-refractivity contribution in [2.45, 2.75) is 52.5 Å². The molecule has 0 unspecified atom stereocenters. The van der Waals surface area contributed by atoms with Crippen LogP contribution in [0.4, 0.5) is 0 Å². The van der Waals surface area contributed by atoms with E-state index in [1.165, 1.54) is 0 Å². The molecule has 1 aliphatic rings. The largest absolute Gasteiger partial charge is 0.493 e. The SMILES string of the molecule is CCOc1ccc(CCC(=O)N2CCC(NC(=O)C(C)C)CC2)cc1OC. The summed E-state index contributed by atoms with van der Waals surface area (Å²) in [5.74, 6) is 1.67. The summed E-state index contributed by atoms with van der Waals surface area (Å²) in [7, 11) is 1.62. The second-order valence-electron chi connectivity index (χ2n) is 7.24. The minimum Gasteiger partial charge on any atom is -0.493 e. The maximum atomic E-state index is 12.5. The smallest absolute Gasteiger partial charge is 0.222 e. The second kappa shape index (κ2) is 10.2. The lowest BCUT2D eigenvalue weighted by Crippen LogP contribution is -2.47. The Morgan fingerprint density at radius 3 is 2.52 bits per heavy atom. The van der Waals surface area contributed by atoms with Gasteiger partial charge in [0.2, 0.25) is 11.8 Å². The molecule has 6 nitrogen and oxygen atoms in total. The van der Waals surface area contributed by atoms with Gasteiger partial charge in [-0.3, -0.25) is 9.59 Å². The third kappa shape index (κ3) is 6.15. The number of carbonyl (C=O) groups excluding carboxylic acids is 2. The van der Waals surface area contributed by atoms with Crippen molar-refractivity contribution in [2.24, 2.45) is 5.92 Å². The van der Waals surface area contributed by atoms with Crippen molar-refractivity contribution < 1.29 is 19.1 Å². The van der Waals surface area contributed by atoms with Crippen molar-refractivity contribution in [3.63, 3.8) is 0 Å². The van der Waals surface area contributed by atoms with Crippen LogP contribution >= 0.6 is 0 Å². The van der Waals surface area contributed by atoms with Crippen LogP contribution in [0, 0.1) is 5.92 Å². The third-order valence-electron chi connectivity index (χ3n) is 4.87. The zero-order valence-electron chi connectivity index (χ0n) is 16.9. The number of carbonyl (C=O) groups is 2. The molecule has 2 rings (SSSR count). The molecule has 150 valence electrons. The lowest BCUT2D eigenvalue weighted by Gasteiger charge is -2.32. The standard InChI is InChI=1S/C21H32N2O4/c1-5-27-18-8-6-16(14-19(18)26-4)7-9-20(24)23-12-10-17(11-13-23)22-21(25)15(2)3/h6,8,14-15,17H,5,7,9-13H2,1-4H3,(H,22,25). The van der Waals surface area contributed by atoms with Gasteiger partial charge in [0.05, 0.1) is 13.7 Å². The fraction of sp³-hybridized carbons (Fsp3) is 0.619. The first-order valence-electron chi connectivity index (χ1n) is 9.82. The van der Waals surface area contributed by atoms with E-state index in [0.29, 0.717) is 38.3 Å². The molecule has 1 saturated heterocycles. The number of hydrogen-bond donors (Lipinski definition) is 1. The normalized spacial score (nSPS) is 14.9. The molecule has 0 atom stereocenters. The summed E-state index contributed by atoms with van der Waals surface area (Å²) in [4.78, 5) is 26.2. The summed E-state index contributed by atoms with van der Waals surface area (Å²) in [6.07, 6.45) is 2.79.